The lowest BCUT2D eigenvalue weighted by Gasteiger charge is -2.30. The molecule has 1 amide bonds. The van der Waals surface area contributed by atoms with Gasteiger partial charge in [-0.15, -0.1) is 0 Å². The van der Waals surface area contributed by atoms with Crippen molar-refractivity contribution in [1.82, 2.24) is 4.31 Å². The zero-order chi connectivity index (χ0) is 22.1. The molecule has 5 nitrogen and oxygen atoms in total. The molecular formula is C19H17Cl2F3N2O3S. The largest absolute Gasteiger partial charge is 0.417 e. The molecule has 0 atom stereocenters. The molecule has 0 spiro atoms. The third-order valence-corrected chi connectivity index (χ3v) is 7.29. The highest BCUT2D eigenvalue weighted by atomic mass is 35.5. The van der Waals surface area contributed by atoms with Crippen molar-refractivity contribution in [3.63, 3.8) is 0 Å². The Kier molecular flexibility index (Phi) is 6.66. The maximum atomic E-state index is 13.1. The fourth-order valence-corrected chi connectivity index (χ4v) is 5.01. The summed E-state index contributed by atoms with van der Waals surface area (Å²) in [6.45, 7) is 0.0377. The second kappa shape index (κ2) is 8.74. The standard InChI is InChI=1S/C19H17Cl2F3N2O3S/c20-13-1-3-14(4-2-13)25-18(27)12-7-9-26(10-8-12)30(28,29)15-5-6-17(21)16(11-15)19(22,23)24/h1-6,11-12H,7-10H2,(H,25,27). The van der Waals surface area contributed by atoms with Crippen LogP contribution in [0.2, 0.25) is 10.0 Å². The molecule has 1 saturated heterocycles. The second-order valence-corrected chi connectivity index (χ2v) is 9.60. The molecule has 1 aliphatic heterocycles. The van der Waals surface area contributed by atoms with Gasteiger partial charge in [0.15, 0.2) is 0 Å². The number of nitrogens with one attached hydrogen (secondary N) is 1. The Morgan fingerprint density at radius 1 is 1.03 bits per heavy atom. The SMILES string of the molecule is O=C(Nc1ccc(Cl)cc1)C1CCN(S(=O)(=O)c2ccc(Cl)c(C(F)(F)F)c2)CC1. The quantitative estimate of drug-likeness (QED) is 0.665. The fraction of sp³-hybridized carbons (Fsp3) is 0.316. The van der Waals surface area contributed by atoms with Crippen molar-refractivity contribution >= 4 is 44.8 Å². The highest BCUT2D eigenvalue weighted by Gasteiger charge is 2.37. The van der Waals surface area contributed by atoms with Crippen molar-refractivity contribution in [3.8, 4) is 0 Å². The summed E-state index contributed by atoms with van der Waals surface area (Å²) in [4.78, 5) is 11.9. The zero-order valence-electron chi connectivity index (χ0n) is 15.4. The number of carbonyl (C=O) groups is 1. The molecule has 1 N–H and O–H groups in total. The number of hydrogen-bond donors (Lipinski definition) is 1. The van der Waals surface area contributed by atoms with Gasteiger partial charge >= 0.3 is 6.18 Å². The van der Waals surface area contributed by atoms with E-state index in [9.17, 15) is 26.4 Å². The average Bonchev–Trinajstić information content (AvgIpc) is 2.69. The monoisotopic (exact) mass is 480 g/mol. The van der Waals surface area contributed by atoms with Crippen LogP contribution in [0.4, 0.5) is 18.9 Å². The Morgan fingerprint density at radius 2 is 1.63 bits per heavy atom. The molecule has 0 unspecified atom stereocenters. The van der Waals surface area contributed by atoms with Crippen LogP contribution in [0.5, 0.6) is 0 Å². The van der Waals surface area contributed by atoms with E-state index in [1.807, 2.05) is 0 Å². The van der Waals surface area contributed by atoms with Crippen LogP contribution in [-0.2, 0) is 21.0 Å². The van der Waals surface area contributed by atoms with Gasteiger partial charge in [-0.2, -0.15) is 17.5 Å². The predicted molar refractivity (Wildman–Crippen MR) is 108 cm³/mol. The van der Waals surface area contributed by atoms with Crippen molar-refractivity contribution in [3.05, 3.63) is 58.1 Å². The molecule has 162 valence electrons. The summed E-state index contributed by atoms with van der Waals surface area (Å²) in [6, 6.07) is 9.07. The topological polar surface area (TPSA) is 66.5 Å². The Morgan fingerprint density at radius 3 is 2.20 bits per heavy atom. The highest BCUT2D eigenvalue weighted by molar-refractivity contribution is 7.89. The van der Waals surface area contributed by atoms with E-state index in [0.29, 0.717) is 16.8 Å². The normalized spacial score (nSPS) is 16.4. The van der Waals surface area contributed by atoms with Gasteiger partial charge in [0.2, 0.25) is 15.9 Å². The van der Waals surface area contributed by atoms with Gasteiger partial charge in [0.1, 0.15) is 0 Å². The van der Waals surface area contributed by atoms with Crippen LogP contribution in [0.3, 0.4) is 0 Å². The number of amides is 1. The van der Waals surface area contributed by atoms with Crippen molar-refractivity contribution < 1.29 is 26.4 Å². The molecule has 0 saturated carbocycles. The van der Waals surface area contributed by atoms with Gasteiger partial charge in [0, 0.05) is 29.7 Å². The first-order chi connectivity index (χ1) is 14.0. The fourth-order valence-electron chi connectivity index (χ4n) is 3.17. The molecule has 1 heterocycles. The molecule has 2 aromatic rings. The van der Waals surface area contributed by atoms with Gasteiger partial charge < -0.3 is 5.32 Å². The van der Waals surface area contributed by atoms with Crippen LogP contribution >= 0.6 is 23.2 Å². The molecular weight excluding hydrogens is 464 g/mol. The Bertz CT molecular complexity index is 1040. The highest BCUT2D eigenvalue weighted by Crippen LogP contribution is 2.36. The molecule has 0 aromatic heterocycles. The van der Waals surface area contributed by atoms with E-state index < -0.39 is 37.6 Å². The van der Waals surface area contributed by atoms with Crippen LogP contribution in [0.25, 0.3) is 0 Å². The number of alkyl halides is 3. The Hall–Kier alpha value is -1.81. The van der Waals surface area contributed by atoms with E-state index in [1.54, 1.807) is 24.3 Å². The Balaban J connectivity index is 1.68. The number of anilines is 1. The van der Waals surface area contributed by atoms with Gasteiger partial charge in [-0.25, -0.2) is 8.42 Å². The van der Waals surface area contributed by atoms with E-state index in [4.69, 9.17) is 23.2 Å². The van der Waals surface area contributed by atoms with Crippen LogP contribution in [0.1, 0.15) is 18.4 Å². The lowest BCUT2D eigenvalue weighted by atomic mass is 9.97. The van der Waals surface area contributed by atoms with Gasteiger partial charge in [0.05, 0.1) is 15.5 Å². The molecule has 1 aliphatic rings. The third-order valence-electron chi connectivity index (χ3n) is 4.82. The van der Waals surface area contributed by atoms with Gasteiger partial charge in [0.25, 0.3) is 0 Å². The summed E-state index contributed by atoms with van der Waals surface area (Å²) in [5, 5.41) is 2.71. The van der Waals surface area contributed by atoms with E-state index in [-0.39, 0.29) is 31.8 Å². The third kappa shape index (κ3) is 5.08. The number of benzene rings is 2. The van der Waals surface area contributed by atoms with Gasteiger partial charge in [-0.05, 0) is 55.3 Å². The van der Waals surface area contributed by atoms with Crippen LogP contribution < -0.4 is 5.32 Å². The minimum atomic E-state index is -4.77. The molecule has 0 radical (unpaired) electrons. The van der Waals surface area contributed by atoms with Crippen LogP contribution in [-0.4, -0.2) is 31.7 Å². The molecule has 0 bridgehead atoms. The number of sulfonamides is 1. The van der Waals surface area contributed by atoms with Crippen molar-refractivity contribution in [2.45, 2.75) is 23.9 Å². The number of piperidine rings is 1. The van der Waals surface area contributed by atoms with E-state index in [1.165, 1.54) is 0 Å². The van der Waals surface area contributed by atoms with E-state index in [2.05, 4.69) is 5.32 Å². The summed E-state index contributed by atoms with van der Waals surface area (Å²) in [6.07, 6.45) is -4.27. The lowest BCUT2D eigenvalue weighted by Crippen LogP contribution is -2.41. The average molecular weight is 481 g/mol. The van der Waals surface area contributed by atoms with Crippen molar-refractivity contribution in [2.75, 3.05) is 18.4 Å². The first-order valence-electron chi connectivity index (χ1n) is 8.92. The zero-order valence-corrected chi connectivity index (χ0v) is 17.7. The first kappa shape index (κ1) is 22.9. The first-order valence-corrected chi connectivity index (χ1v) is 11.1. The minimum absolute atomic E-state index is 0.0189. The van der Waals surface area contributed by atoms with Crippen molar-refractivity contribution in [2.24, 2.45) is 5.92 Å². The van der Waals surface area contributed by atoms with Crippen LogP contribution in [0.15, 0.2) is 47.4 Å². The summed E-state index contributed by atoms with van der Waals surface area (Å²) in [7, 11) is -4.15. The van der Waals surface area contributed by atoms with E-state index in [0.717, 1.165) is 16.4 Å². The van der Waals surface area contributed by atoms with Gasteiger partial charge in [-0.3, -0.25) is 4.79 Å². The summed E-state index contributed by atoms with van der Waals surface area (Å²) in [5.41, 5.74) is -0.636. The van der Waals surface area contributed by atoms with Crippen LogP contribution in [0, 0.1) is 5.92 Å². The van der Waals surface area contributed by atoms with Gasteiger partial charge in [-0.1, -0.05) is 23.2 Å². The predicted octanol–water partition coefficient (Wildman–Crippen LogP) is 5.05. The smallest absolute Gasteiger partial charge is 0.326 e. The number of halogens is 5. The van der Waals surface area contributed by atoms with E-state index >= 15 is 0 Å². The van der Waals surface area contributed by atoms with Crippen molar-refractivity contribution in [1.29, 1.82) is 0 Å². The molecule has 0 aliphatic carbocycles. The molecule has 3 rings (SSSR count). The summed E-state index contributed by atoms with van der Waals surface area (Å²) >= 11 is 11.4. The molecule has 11 heteroatoms. The summed E-state index contributed by atoms with van der Waals surface area (Å²) in [5.74, 6) is -0.664. The number of rotatable bonds is 4. The maximum absolute atomic E-state index is 13.1. The Labute approximate surface area is 181 Å². The molecule has 1 fully saturated rings. The molecule has 2 aromatic carbocycles. The minimum Gasteiger partial charge on any atom is -0.326 e. The second-order valence-electron chi connectivity index (χ2n) is 6.81. The number of carbonyl (C=O) groups excluding carboxylic acids is 1. The number of nitrogens with zero attached hydrogens (tertiary/aromatic N) is 1. The summed E-state index contributed by atoms with van der Waals surface area (Å²) < 4.78 is 65.8. The number of hydrogen-bond acceptors (Lipinski definition) is 3. The lowest BCUT2D eigenvalue weighted by molar-refractivity contribution is -0.137. The molecule has 30 heavy (non-hydrogen) atoms. The maximum Gasteiger partial charge on any atom is 0.417 e.